The molecule has 3 rings (SSSR count). The highest BCUT2D eigenvalue weighted by Crippen LogP contribution is 2.16. The molecule has 1 aliphatic heterocycles. The number of aliphatic imine (C=N–C) groups is 1. The van der Waals surface area contributed by atoms with Gasteiger partial charge in [-0.15, -0.1) is 11.3 Å². The Balaban J connectivity index is 1.56. The molecule has 1 fully saturated rings. The summed E-state index contributed by atoms with van der Waals surface area (Å²) in [4.78, 5) is 19.9. The minimum absolute atomic E-state index is 0.598. The number of piperazine rings is 1. The van der Waals surface area contributed by atoms with E-state index in [4.69, 9.17) is 4.99 Å². The van der Waals surface area contributed by atoms with Crippen molar-refractivity contribution in [2.75, 3.05) is 44.7 Å². The van der Waals surface area contributed by atoms with Crippen molar-refractivity contribution < 1.29 is 0 Å². The molecule has 8 heteroatoms. The van der Waals surface area contributed by atoms with E-state index in [1.165, 1.54) is 4.88 Å². The van der Waals surface area contributed by atoms with Crippen molar-refractivity contribution in [1.82, 2.24) is 25.5 Å². The summed E-state index contributed by atoms with van der Waals surface area (Å²) in [5, 5.41) is 7.74. The average molecular weight is 402 g/mol. The Morgan fingerprint density at radius 1 is 1.18 bits per heavy atom. The predicted molar refractivity (Wildman–Crippen MR) is 117 cm³/mol. The lowest BCUT2D eigenvalue weighted by Crippen LogP contribution is -2.44. The van der Waals surface area contributed by atoms with Crippen LogP contribution in [0.25, 0.3) is 0 Å². The molecule has 0 bridgehead atoms. The maximum atomic E-state index is 4.69. The van der Waals surface area contributed by atoms with Gasteiger partial charge in [0.2, 0.25) is 0 Å². The molecule has 0 radical (unpaired) electrons. The maximum absolute atomic E-state index is 4.69. The number of pyridine rings is 1. The van der Waals surface area contributed by atoms with Crippen LogP contribution in [-0.2, 0) is 13.1 Å². The van der Waals surface area contributed by atoms with Crippen LogP contribution in [0.2, 0.25) is 0 Å². The van der Waals surface area contributed by atoms with E-state index in [2.05, 4.69) is 63.4 Å². The Kier molecular flexibility index (Phi) is 7.22. The van der Waals surface area contributed by atoms with Crippen LogP contribution in [0.15, 0.2) is 23.3 Å². The van der Waals surface area contributed by atoms with E-state index in [0.29, 0.717) is 13.1 Å². The van der Waals surface area contributed by atoms with Crippen LogP contribution >= 0.6 is 11.3 Å². The maximum Gasteiger partial charge on any atom is 0.191 e. The fourth-order valence-electron chi connectivity index (χ4n) is 3.02. The Bertz CT molecular complexity index is 757. The summed E-state index contributed by atoms with van der Waals surface area (Å²) in [6.07, 6.45) is 1.94. The number of nitrogens with zero attached hydrogens (tertiary/aromatic N) is 5. The molecule has 0 amide bonds. The van der Waals surface area contributed by atoms with Crippen LogP contribution < -0.4 is 15.5 Å². The summed E-state index contributed by atoms with van der Waals surface area (Å²) in [5.41, 5.74) is 2.21. The van der Waals surface area contributed by atoms with Gasteiger partial charge < -0.3 is 20.4 Å². The molecule has 0 unspecified atom stereocenters. The summed E-state index contributed by atoms with van der Waals surface area (Å²) >= 11 is 1.73. The quantitative estimate of drug-likeness (QED) is 0.571. The lowest BCUT2D eigenvalue weighted by molar-refractivity contribution is 0.312. The Morgan fingerprint density at radius 3 is 2.57 bits per heavy atom. The van der Waals surface area contributed by atoms with Crippen molar-refractivity contribution in [3.05, 3.63) is 39.5 Å². The molecule has 0 spiro atoms. The lowest BCUT2D eigenvalue weighted by atomic mass is 10.2. The van der Waals surface area contributed by atoms with Crippen molar-refractivity contribution in [2.24, 2.45) is 4.99 Å². The van der Waals surface area contributed by atoms with Crippen molar-refractivity contribution in [1.29, 1.82) is 0 Å². The van der Waals surface area contributed by atoms with Gasteiger partial charge in [-0.05, 0) is 39.4 Å². The van der Waals surface area contributed by atoms with E-state index in [9.17, 15) is 0 Å². The third-order valence-electron chi connectivity index (χ3n) is 4.88. The second-order valence-corrected chi connectivity index (χ2v) is 8.40. The highest BCUT2D eigenvalue weighted by Gasteiger charge is 2.14. The van der Waals surface area contributed by atoms with Crippen LogP contribution in [0.3, 0.4) is 0 Å². The molecule has 0 saturated carbocycles. The highest BCUT2D eigenvalue weighted by molar-refractivity contribution is 7.11. The third kappa shape index (κ3) is 5.65. The van der Waals surface area contributed by atoms with Gasteiger partial charge in [0.1, 0.15) is 10.8 Å². The molecule has 7 nitrogen and oxygen atoms in total. The Hall–Kier alpha value is -2.19. The fourth-order valence-corrected chi connectivity index (χ4v) is 3.89. The SMILES string of the molecule is CCNC(=NCc1ccc(N2CCN(C)CC2)nc1)NCc1nc(C)c(C)s1. The zero-order chi connectivity index (χ0) is 19.9. The number of likely N-dealkylation sites (N-methyl/N-ethyl adjacent to an activating group) is 1. The standard InChI is InChI=1S/C20H31N7S/c1-5-21-20(24-14-19-25-15(2)16(3)28-19)23-13-17-6-7-18(22-12-17)27-10-8-26(4)9-11-27/h6-7,12H,5,8-11,13-14H2,1-4H3,(H2,21,23,24). The molecule has 2 N–H and O–H groups in total. The Morgan fingerprint density at radius 2 is 1.96 bits per heavy atom. The number of anilines is 1. The smallest absolute Gasteiger partial charge is 0.191 e. The largest absolute Gasteiger partial charge is 0.357 e. The first kappa shape index (κ1) is 20.5. The van der Waals surface area contributed by atoms with E-state index >= 15 is 0 Å². The number of rotatable bonds is 6. The van der Waals surface area contributed by atoms with Gasteiger partial charge in [-0.1, -0.05) is 6.07 Å². The monoisotopic (exact) mass is 401 g/mol. The molecule has 0 atom stereocenters. The highest BCUT2D eigenvalue weighted by atomic mass is 32.1. The topological polar surface area (TPSA) is 68.7 Å². The number of hydrogen-bond donors (Lipinski definition) is 2. The van der Waals surface area contributed by atoms with E-state index < -0.39 is 0 Å². The number of nitrogens with one attached hydrogen (secondary N) is 2. The number of thiazole rings is 1. The normalized spacial score (nSPS) is 15.7. The molecule has 3 heterocycles. The fraction of sp³-hybridized carbons (Fsp3) is 0.550. The molecule has 28 heavy (non-hydrogen) atoms. The second kappa shape index (κ2) is 9.84. The van der Waals surface area contributed by atoms with Crippen LogP contribution in [-0.4, -0.2) is 60.6 Å². The summed E-state index contributed by atoms with van der Waals surface area (Å²) in [5.74, 6) is 1.86. The van der Waals surface area contributed by atoms with Gasteiger partial charge >= 0.3 is 0 Å². The van der Waals surface area contributed by atoms with Crippen molar-refractivity contribution in [2.45, 2.75) is 33.9 Å². The first-order chi connectivity index (χ1) is 13.5. The molecule has 0 aromatic carbocycles. The zero-order valence-corrected chi connectivity index (χ0v) is 18.1. The number of aryl methyl sites for hydroxylation is 2. The number of guanidine groups is 1. The van der Waals surface area contributed by atoms with E-state index in [-0.39, 0.29) is 0 Å². The van der Waals surface area contributed by atoms with E-state index in [1.54, 1.807) is 11.3 Å². The second-order valence-electron chi connectivity index (χ2n) is 7.11. The summed E-state index contributed by atoms with van der Waals surface area (Å²) in [6, 6.07) is 4.24. The van der Waals surface area contributed by atoms with Crippen LogP contribution in [0.5, 0.6) is 0 Å². The van der Waals surface area contributed by atoms with Gasteiger partial charge in [-0.25, -0.2) is 15.0 Å². The van der Waals surface area contributed by atoms with Gasteiger partial charge in [-0.3, -0.25) is 0 Å². The summed E-state index contributed by atoms with van der Waals surface area (Å²) < 4.78 is 0. The summed E-state index contributed by atoms with van der Waals surface area (Å²) in [7, 11) is 2.17. The Labute approximate surface area is 171 Å². The van der Waals surface area contributed by atoms with E-state index in [0.717, 1.165) is 60.8 Å². The number of hydrogen-bond acceptors (Lipinski definition) is 6. The minimum atomic E-state index is 0.598. The minimum Gasteiger partial charge on any atom is -0.357 e. The van der Waals surface area contributed by atoms with Crippen LogP contribution in [0.4, 0.5) is 5.82 Å². The van der Waals surface area contributed by atoms with Crippen LogP contribution in [0.1, 0.15) is 28.1 Å². The van der Waals surface area contributed by atoms with Gasteiger partial charge in [0.15, 0.2) is 5.96 Å². The van der Waals surface area contributed by atoms with Gasteiger partial charge in [0, 0.05) is 43.8 Å². The summed E-state index contributed by atoms with van der Waals surface area (Å²) in [6.45, 7) is 12.6. The van der Waals surface area contributed by atoms with Crippen molar-refractivity contribution in [3.8, 4) is 0 Å². The molecule has 1 saturated heterocycles. The third-order valence-corrected chi connectivity index (χ3v) is 5.95. The number of aromatic nitrogens is 2. The lowest BCUT2D eigenvalue weighted by Gasteiger charge is -2.33. The molecule has 2 aromatic rings. The van der Waals surface area contributed by atoms with Crippen molar-refractivity contribution in [3.63, 3.8) is 0 Å². The molecule has 0 aliphatic carbocycles. The molecular weight excluding hydrogens is 370 g/mol. The van der Waals surface area contributed by atoms with Gasteiger partial charge in [0.05, 0.1) is 18.8 Å². The van der Waals surface area contributed by atoms with Crippen molar-refractivity contribution >= 4 is 23.1 Å². The van der Waals surface area contributed by atoms with Gasteiger partial charge in [-0.2, -0.15) is 0 Å². The first-order valence-electron chi connectivity index (χ1n) is 9.88. The average Bonchev–Trinajstić information content (AvgIpc) is 3.03. The van der Waals surface area contributed by atoms with Crippen LogP contribution in [0, 0.1) is 13.8 Å². The first-order valence-corrected chi connectivity index (χ1v) is 10.7. The molecule has 2 aromatic heterocycles. The molecular formula is C20H31N7S. The zero-order valence-electron chi connectivity index (χ0n) is 17.3. The predicted octanol–water partition coefficient (Wildman–Crippen LogP) is 2.16. The molecule has 1 aliphatic rings. The van der Waals surface area contributed by atoms with Gasteiger partial charge in [0.25, 0.3) is 0 Å². The van der Waals surface area contributed by atoms with E-state index in [1.807, 2.05) is 13.1 Å². The molecule has 152 valence electrons.